The second-order valence-corrected chi connectivity index (χ2v) is 4.82. The SMILES string of the molecule is COc1ccc(C)cc1CC(C)CC(N)=S. The second kappa shape index (κ2) is 5.85. The molecule has 1 unspecified atom stereocenters. The Hall–Kier alpha value is -1.09. The van der Waals surface area contributed by atoms with E-state index >= 15 is 0 Å². The largest absolute Gasteiger partial charge is 0.496 e. The first kappa shape index (κ1) is 13.0. The first-order valence-corrected chi connectivity index (χ1v) is 5.85. The Morgan fingerprint density at radius 3 is 2.75 bits per heavy atom. The zero-order chi connectivity index (χ0) is 12.1. The summed E-state index contributed by atoms with van der Waals surface area (Å²) in [6.07, 6.45) is 1.73. The van der Waals surface area contributed by atoms with Gasteiger partial charge in [-0.25, -0.2) is 0 Å². The Kier molecular flexibility index (Phi) is 4.74. The molecular weight excluding hydrogens is 218 g/mol. The minimum Gasteiger partial charge on any atom is -0.496 e. The van der Waals surface area contributed by atoms with Crippen molar-refractivity contribution in [2.75, 3.05) is 7.11 Å². The minimum absolute atomic E-state index is 0.452. The van der Waals surface area contributed by atoms with Crippen LogP contribution in [0.3, 0.4) is 0 Å². The van der Waals surface area contributed by atoms with Crippen molar-refractivity contribution >= 4 is 17.2 Å². The highest BCUT2D eigenvalue weighted by molar-refractivity contribution is 7.80. The molecule has 0 aliphatic carbocycles. The van der Waals surface area contributed by atoms with Gasteiger partial charge >= 0.3 is 0 Å². The van der Waals surface area contributed by atoms with Crippen molar-refractivity contribution in [1.82, 2.24) is 0 Å². The summed E-state index contributed by atoms with van der Waals surface area (Å²) in [4.78, 5) is 0.583. The molecule has 2 nitrogen and oxygen atoms in total. The predicted octanol–water partition coefficient (Wildman–Crippen LogP) is 2.86. The van der Waals surface area contributed by atoms with Gasteiger partial charge in [0.25, 0.3) is 0 Å². The fourth-order valence-electron chi connectivity index (χ4n) is 1.86. The third kappa shape index (κ3) is 3.81. The van der Waals surface area contributed by atoms with Crippen molar-refractivity contribution in [3.8, 4) is 5.75 Å². The van der Waals surface area contributed by atoms with E-state index in [1.807, 2.05) is 6.07 Å². The molecule has 0 spiro atoms. The molecule has 1 rings (SSSR count). The van der Waals surface area contributed by atoms with Crippen LogP contribution in [-0.2, 0) is 6.42 Å². The molecule has 3 heteroatoms. The highest BCUT2D eigenvalue weighted by Gasteiger charge is 2.09. The number of thiocarbonyl (C=S) groups is 1. The number of benzene rings is 1. The van der Waals surface area contributed by atoms with Gasteiger partial charge in [-0.1, -0.05) is 36.8 Å². The Balaban J connectivity index is 2.78. The van der Waals surface area contributed by atoms with E-state index in [9.17, 15) is 0 Å². The minimum atomic E-state index is 0.452. The van der Waals surface area contributed by atoms with Crippen molar-refractivity contribution in [2.45, 2.75) is 26.7 Å². The average Bonchev–Trinajstić information content (AvgIpc) is 2.16. The van der Waals surface area contributed by atoms with Crippen molar-refractivity contribution in [3.63, 3.8) is 0 Å². The van der Waals surface area contributed by atoms with E-state index in [4.69, 9.17) is 22.7 Å². The van der Waals surface area contributed by atoms with Crippen LogP contribution in [0.5, 0.6) is 5.75 Å². The van der Waals surface area contributed by atoms with Crippen LogP contribution in [0.25, 0.3) is 0 Å². The van der Waals surface area contributed by atoms with Crippen LogP contribution in [0, 0.1) is 12.8 Å². The number of nitrogens with two attached hydrogens (primary N) is 1. The van der Waals surface area contributed by atoms with Crippen molar-refractivity contribution < 1.29 is 4.74 Å². The molecule has 0 saturated heterocycles. The number of ether oxygens (including phenoxy) is 1. The molecule has 0 bridgehead atoms. The van der Waals surface area contributed by atoms with E-state index in [0.29, 0.717) is 10.9 Å². The monoisotopic (exact) mass is 237 g/mol. The molecular formula is C13H19NOS. The van der Waals surface area contributed by atoms with E-state index in [0.717, 1.165) is 18.6 Å². The third-order valence-electron chi connectivity index (χ3n) is 2.55. The van der Waals surface area contributed by atoms with Gasteiger partial charge in [0, 0.05) is 6.42 Å². The molecule has 16 heavy (non-hydrogen) atoms. The lowest BCUT2D eigenvalue weighted by molar-refractivity contribution is 0.406. The van der Waals surface area contributed by atoms with E-state index in [1.165, 1.54) is 11.1 Å². The molecule has 0 saturated carbocycles. The van der Waals surface area contributed by atoms with Gasteiger partial charge < -0.3 is 10.5 Å². The van der Waals surface area contributed by atoms with E-state index in [1.54, 1.807) is 7.11 Å². The molecule has 88 valence electrons. The zero-order valence-corrected chi connectivity index (χ0v) is 10.9. The van der Waals surface area contributed by atoms with Crippen LogP contribution in [0.4, 0.5) is 0 Å². The van der Waals surface area contributed by atoms with Gasteiger partial charge in [-0.15, -0.1) is 0 Å². The molecule has 0 radical (unpaired) electrons. The lowest BCUT2D eigenvalue weighted by Crippen LogP contribution is -2.14. The van der Waals surface area contributed by atoms with E-state index < -0.39 is 0 Å². The quantitative estimate of drug-likeness (QED) is 0.800. The summed E-state index contributed by atoms with van der Waals surface area (Å²) in [5.74, 6) is 1.40. The highest BCUT2D eigenvalue weighted by Crippen LogP contribution is 2.23. The Morgan fingerprint density at radius 2 is 2.19 bits per heavy atom. The topological polar surface area (TPSA) is 35.2 Å². The molecule has 0 aromatic heterocycles. The van der Waals surface area contributed by atoms with Crippen molar-refractivity contribution in [2.24, 2.45) is 11.7 Å². The van der Waals surface area contributed by atoms with Crippen molar-refractivity contribution in [1.29, 1.82) is 0 Å². The summed E-state index contributed by atoms with van der Waals surface area (Å²) in [5.41, 5.74) is 8.02. The highest BCUT2D eigenvalue weighted by atomic mass is 32.1. The van der Waals surface area contributed by atoms with Gasteiger partial charge in [0.2, 0.25) is 0 Å². The number of rotatable bonds is 5. The smallest absolute Gasteiger partial charge is 0.122 e. The van der Waals surface area contributed by atoms with E-state index in [2.05, 4.69) is 26.0 Å². The van der Waals surface area contributed by atoms with Gasteiger partial charge in [0.1, 0.15) is 5.75 Å². The maximum Gasteiger partial charge on any atom is 0.122 e. The van der Waals surface area contributed by atoms with Crippen molar-refractivity contribution in [3.05, 3.63) is 29.3 Å². The second-order valence-electron chi connectivity index (χ2n) is 4.30. The molecule has 1 aromatic rings. The summed E-state index contributed by atoms with van der Waals surface area (Å²) in [5, 5.41) is 0. The van der Waals surface area contributed by atoms with Crippen LogP contribution in [0.15, 0.2) is 18.2 Å². The summed E-state index contributed by atoms with van der Waals surface area (Å²) in [6, 6.07) is 6.23. The van der Waals surface area contributed by atoms with Crippen LogP contribution < -0.4 is 10.5 Å². The van der Waals surface area contributed by atoms with Gasteiger partial charge in [0.05, 0.1) is 12.1 Å². The average molecular weight is 237 g/mol. The van der Waals surface area contributed by atoms with E-state index in [-0.39, 0.29) is 0 Å². The molecule has 0 fully saturated rings. The molecule has 0 aliphatic heterocycles. The normalized spacial score (nSPS) is 12.2. The summed E-state index contributed by atoms with van der Waals surface area (Å²) >= 11 is 4.92. The zero-order valence-electron chi connectivity index (χ0n) is 10.1. The first-order valence-electron chi connectivity index (χ1n) is 5.44. The first-order chi connectivity index (χ1) is 7.52. The van der Waals surface area contributed by atoms with Crippen LogP contribution in [0.1, 0.15) is 24.5 Å². The molecule has 0 heterocycles. The number of hydrogen-bond acceptors (Lipinski definition) is 2. The number of hydrogen-bond donors (Lipinski definition) is 1. The maximum atomic E-state index is 5.55. The predicted molar refractivity (Wildman–Crippen MR) is 72.0 cm³/mol. The lowest BCUT2D eigenvalue weighted by atomic mass is 9.96. The third-order valence-corrected chi connectivity index (χ3v) is 2.72. The fourth-order valence-corrected chi connectivity index (χ4v) is 2.14. The van der Waals surface area contributed by atoms with Crippen LogP contribution >= 0.6 is 12.2 Å². The Bertz CT molecular complexity index is 376. The molecule has 1 aromatic carbocycles. The van der Waals surface area contributed by atoms with Gasteiger partial charge in [0.15, 0.2) is 0 Å². The van der Waals surface area contributed by atoms with Gasteiger partial charge in [-0.3, -0.25) is 0 Å². The Labute approximate surface area is 103 Å². The number of aryl methyl sites for hydroxylation is 1. The molecule has 0 amide bonds. The molecule has 0 aliphatic rings. The number of methoxy groups -OCH3 is 1. The Morgan fingerprint density at radius 1 is 1.50 bits per heavy atom. The van der Waals surface area contributed by atoms with Gasteiger partial charge in [-0.2, -0.15) is 0 Å². The molecule has 2 N–H and O–H groups in total. The summed E-state index contributed by atoms with van der Waals surface area (Å²) in [6.45, 7) is 4.24. The fraction of sp³-hybridized carbons (Fsp3) is 0.462. The van der Waals surface area contributed by atoms with Crippen LogP contribution in [0.2, 0.25) is 0 Å². The van der Waals surface area contributed by atoms with Crippen LogP contribution in [-0.4, -0.2) is 12.1 Å². The summed E-state index contributed by atoms with van der Waals surface area (Å²) in [7, 11) is 1.70. The maximum absolute atomic E-state index is 5.55. The van der Waals surface area contributed by atoms with Gasteiger partial charge in [-0.05, 0) is 30.9 Å². The standard InChI is InChI=1S/C13H19NOS/c1-9-4-5-12(15-3)11(6-9)7-10(2)8-13(14)16/h4-6,10H,7-8H2,1-3H3,(H2,14,16). The lowest BCUT2D eigenvalue weighted by Gasteiger charge is -2.14. The summed E-state index contributed by atoms with van der Waals surface area (Å²) < 4.78 is 5.34. The molecule has 1 atom stereocenters.